The molecular weight excluding hydrogens is 368 g/mol. The number of benzene rings is 1. The number of hydrogen-bond donors (Lipinski definition) is 1. The van der Waals surface area contributed by atoms with Crippen molar-refractivity contribution in [3.8, 4) is 5.75 Å². The number of furan rings is 1. The molecule has 0 unspecified atom stereocenters. The van der Waals surface area contributed by atoms with E-state index >= 15 is 0 Å². The molecule has 0 atom stereocenters. The maximum atomic E-state index is 13.0. The summed E-state index contributed by atoms with van der Waals surface area (Å²) >= 11 is 0. The first-order chi connectivity index (χ1) is 14.2. The first kappa shape index (κ1) is 20.0. The summed E-state index contributed by atoms with van der Waals surface area (Å²) in [6.45, 7) is 4.21. The summed E-state index contributed by atoms with van der Waals surface area (Å²) in [6.07, 6.45) is 5.33. The molecule has 1 aromatic heterocycles. The average molecular weight is 399 g/mol. The van der Waals surface area contributed by atoms with Gasteiger partial charge in [0.2, 0.25) is 0 Å². The van der Waals surface area contributed by atoms with E-state index in [9.17, 15) is 4.79 Å². The second-order valence-electron chi connectivity index (χ2n) is 7.97. The molecule has 1 N–H and O–H groups in total. The molecule has 2 saturated heterocycles. The largest absolute Gasteiger partial charge is 0.489 e. The van der Waals surface area contributed by atoms with Gasteiger partial charge in [-0.2, -0.15) is 0 Å². The third-order valence-corrected chi connectivity index (χ3v) is 5.84. The second kappa shape index (κ2) is 9.46. The van der Waals surface area contributed by atoms with E-state index in [1.54, 1.807) is 0 Å². The molecule has 3 heterocycles. The summed E-state index contributed by atoms with van der Waals surface area (Å²) in [5.74, 6) is 2.29. The Hall–Kier alpha value is -2.31. The first-order valence-electron chi connectivity index (χ1n) is 10.7. The Bertz CT molecular complexity index is 805. The normalized spacial score (nSPS) is 18.7. The minimum Gasteiger partial charge on any atom is -0.489 e. The van der Waals surface area contributed by atoms with Gasteiger partial charge in [-0.05, 0) is 56.4 Å². The van der Waals surface area contributed by atoms with Crippen LogP contribution in [-0.2, 0) is 13.2 Å². The van der Waals surface area contributed by atoms with Crippen molar-refractivity contribution in [3.05, 3.63) is 53.5 Å². The van der Waals surface area contributed by atoms with Crippen LogP contribution in [0.2, 0.25) is 0 Å². The molecule has 2 aromatic rings. The summed E-state index contributed by atoms with van der Waals surface area (Å²) in [4.78, 5) is 17.2. The SMILES string of the molecule is O=C(c1ccccc1OC1CCN(Cc2ccc(CO)o2)CC1)N1CCCCC1. The van der Waals surface area contributed by atoms with Gasteiger partial charge in [-0.3, -0.25) is 9.69 Å². The molecule has 0 bridgehead atoms. The number of aliphatic hydroxyl groups excluding tert-OH is 1. The number of para-hydroxylation sites is 1. The molecule has 6 nitrogen and oxygen atoms in total. The smallest absolute Gasteiger partial charge is 0.257 e. The summed E-state index contributed by atoms with van der Waals surface area (Å²) < 4.78 is 11.9. The van der Waals surface area contributed by atoms with Crippen LogP contribution in [0.15, 0.2) is 40.8 Å². The van der Waals surface area contributed by atoms with Crippen LogP contribution in [0.1, 0.15) is 54.0 Å². The van der Waals surface area contributed by atoms with Gasteiger partial charge in [-0.15, -0.1) is 0 Å². The Labute approximate surface area is 172 Å². The number of carbonyl (C=O) groups is 1. The Morgan fingerprint density at radius 2 is 1.72 bits per heavy atom. The van der Waals surface area contributed by atoms with E-state index in [4.69, 9.17) is 14.3 Å². The number of aliphatic hydroxyl groups is 1. The van der Waals surface area contributed by atoms with Gasteiger partial charge in [-0.25, -0.2) is 0 Å². The molecule has 0 spiro atoms. The standard InChI is InChI=1S/C23H30N2O4/c26-17-20-9-8-19(28-20)16-24-14-10-18(11-15-24)29-22-7-3-2-6-21(22)23(27)25-12-4-1-5-13-25/h2-3,6-9,18,26H,1,4-5,10-17H2. The molecule has 0 radical (unpaired) electrons. The van der Waals surface area contributed by atoms with E-state index in [1.807, 2.05) is 41.3 Å². The Kier molecular flexibility index (Phi) is 6.52. The molecule has 2 fully saturated rings. The molecular formula is C23H30N2O4. The predicted octanol–water partition coefficient (Wildman–Crippen LogP) is 3.44. The van der Waals surface area contributed by atoms with Crippen LogP contribution in [0.3, 0.4) is 0 Å². The van der Waals surface area contributed by atoms with Crippen molar-refractivity contribution in [3.63, 3.8) is 0 Å². The van der Waals surface area contributed by atoms with Gasteiger partial charge in [-0.1, -0.05) is 12.1 Å². The summed E-state index contributed by atoms with van der Waals surface area (Å²) in [6, 6.07) is 11.4. The summed E-state index contributed by atoms with van der Waals surface area (Å²) in [7, 11) is 0. The van der Waals surface area contributed by atoms with Crippen molar-refractivity contribution in [2.75, 3.05) is 26.2 Å². The molecule has 29 heavy (non-hydrogen) atoms. The molecule has 1 amide bonds. The van der Waals surface area contributed by atoms with Crippen LogP contribution in [0.4, 0.5) is 0 Å². The minimum absolute atomic E-state index is 0.0640. The van der Waals surface area contributed by atoms with Gasteiger partial charge in [0, 0.05) is 26.2 Å². The van der Waals surface area contributed by atoms with Crippen molar-refractivity contribution in [2.24, 2.45) is 0 Å². The lowest BCUT2D eigenvalue weighted by molar-refractivity contribution is 0.0699. The molecule has 6 heteroatoms. The number of amides is 1. The molecule has 4 rings (SSSR count). The second-order valence-corrected chi connectivity index (χ2v) is 7.97. The topological polar surface area (TPSA) is 66.1 Å². The van der Waals surface area contributed by atoms with Gasteiger partial charge in [0.1, 0.15) is 30.0 Å². The van der Waals surface area contributed by atoms with Crippen molar-refractivity contribution in [1.29, 1.82) is 0 Å². The highest BCUT2D eigenvalue weighted by molar-refractivity contribution is 5.97. The quantitative estimate of drug-likeness (QED) is 0.807. The summed E-state index contributed by atoms with van der Waals surface area (Å²) in [5.41, 5.74) is 0.684. The lowest BCUT2D eigenvalue weighted by Crippen LogP contribution is -2.38. The Morgan fingerprint density at radius 3 is 2.45 bits per heavy atom. The number of piperidine rings is 2. The van der Waals surface area contributed by atoms with Gasteiger partial charge in [0.15, 0.2) is 0 Å². The van der Waals surface area contributed by atoms with Crippen LogP contribution in [0, 0.1) is 0 Å². The lowest BCUT2D eigenvalue weighted by atomic mass is 10.1. The van der Waals surface area contributed by atoms with Gasteiger partial charge >= 0.3 is 0 Å². The highest BCUT2D eigenvalue weighted by Crippen LogP contribution is 2.26. The number of nitrogens with zero attached hydrogens (tertiary/aromatic N) is 2. The van der Waals surface area contributed by atoms with Crippen molar-refractivity contribution >= 4 is 5.91 Å². The van der Waals surface area contributed by atoms with Crippen molar-refractivity contribution in [1.82, 2.24) is 9.80 Å². The zero-order valence-corrected chi connectivity index (χ0v) is 16.9. The third-order valence-electron chi connectivity index (χ3n) is 5.84. The fourth-order valence-corrected chi connectivity index (χ4v) is 4.19. The van der Waals surface area contributed by atoms with Crippen LogP contribution in [0.5, 0.6) is 5.75 Å². The fourth-order valence-electron chi connectivity index (χ4n) is 4.19. The van der Waals surface area contributed by atoms with E-state index < -0.39 is 0 Å². The lowest BCUT2D eigenvalue weighted by Gasteiger charge is -2.32. The van der Waals surface area contributed by atoms with Crippen molar-refractivity contribution < 1.29 is 19.1 Å². The zero-order chi connectivity index (χ0) is 20.1. The van der Waals surface area contributed by atoms with Crippen LogP contribution in [-0.4, -0.2) is 53.1 Å². The predicted molar refractivity (Wildman–Crippen MR) is 110 cm³/mol. The molecule has 1 aromatic carbocycles. The highest BCUT2D eigenvalue weighted by Gasteiger charge is 2.25. The molecule has 0 aliphatic carbocycles. The summed E-state index contributed by atoms with van der Waals surface area (Å²) in [5, 5.41) is 9.13. The van der Waals surface area contributed by atoms with E-state index in [-0.39, 0.29) is 18.6 Å². The molecule has 2 aliphatic heterocycles. The monoisotopic (exact) mass is 398 g/mol. The van der Waals surface area contributed by atoms with Gasteiger partial charge in [0.25, 0.3) is 5.91 Å². The van der Waals surface area contributed by atoms with E-state index in [0.717, 1.165) is 64.2 Å². The minimum atomic E-state index is -0.0640. The van der Waals surface area contributed by atoms with E-state index in [0.29, 0.717) is 17.1 Å². The van der Waals surface area contributed by atoms with E-state index in [1.165, 1.54) is 6.42 Å². The highest BCUT2D eigenvalue weighted by atomic mass is 16.5. The van der Waals surface area contributed by atoms with Crippen LogP contribution in [0.25, 0.3) is 0 Å². The Morgan fingerprint density at radius 1 is 1.00 bits per heavy atom. The fraction of sp³-hybridized carbons (Fsp3) is 0.522. The zero-order valence-electron chi connectivity index (χ0n) is 16.9. The number of rotatable bonds is 6. The average Bonchev–Trinajstić information content (AvgIpc) is 3.23. The van der Waals surface area contributed by atoms with Crippen molar-refractivity contribution in [2.45, 2.75) is 51.4 Å². The van der Waals surface area contributed by atoms with E-state index in [2.05, 4.69) is 4.90 Å². The maximum Gasteiger partial charge on any atom is 0.257 e. The number of hydrogen-bond acceptors (Lipinski definition) is 5. The first-order valence-corrected chi connectivity index (χ1v) is 10.7. The molecule has 2 aliphatic rings. The molecule has 0 saturated carbocycles. The van der Waals surface area contributed by atoms with Gasteiger partial charge < -0.3 is 19.2 Å². The maximum absolute atomic E-state index is 13.0. The number of carbonyl (C=O) groups excluding carboxylic acids is 1. The Balaban J connectivity index is 1.33. The third kappa shape index (κ3) is 5.00. The number of ether oxygens (including phenoxy) is 1. The van der Waals surface area contributed by atoms with Crippen LogP contribution >= 0.6 is 0 Å². The van der Waals surface area contributed by atoms with Crippen LogP contribution < -0.4 is 4.74 Å². The van der Waals surface area contributed by atoms with Gasteiger partial charge in [0.05, 0.1) is 12.1 Å². The number of likely N-dealkylation sites (tertiary alicyclic amines) is 2. The molecule has 156 valence electrons.